The van der Waals surface area contributed by atoms with Crippen LogP contribution in [0.5, 0.6) is 0 Å². The van der Waals surface area contributed by atoms with Crippen LogP contribution in [0.25, 0.3) is 0 Å². The highest BCUT2D eigenvalue weighted by Gasteiger charge is 2.16. The number of likely N-dealkylation sites (tertiary alicyclic amines) is 1. The maximum Gasteiger partial charge on any atom is 0.0544 e. The van der Waals surface area contributed by atoms with Gasteiger partial charge in [-0.3, -0.25) is 9.88 Å². The predicted molar refractivity (Wildman–Crippen MR) is 71.7 cm³/mol. The second-order valence-corrected chi connectivity index (χ2v) is 5.02. The average Bonchev–Trinajstić information content (AvgIpc) is 2.22. The third kappa shape index (κ3) is 4.01. The summed E-state index contributed by atoms with van der Waals surface area (Å²) in [5.41, 5.74) is 7.05. The average molecular weight is 307 g/mol. The summed E-state index contributed by atoms with van der Waals surface area (Å²) in [5.74, 6) is 0. The van der Waals surface area contributed by atoms with Crippen LogP contribution in [-0.2, 0) is 6.54 Å². The van der Waals surface area contributed by atoms with Crippen LogP contribution in [0.15, 0.2) is 22.8 Å². The number of aromatic nitrogens is 1. The molecule has 3 nitrogen and oxygen atoms in total. The summed E-state index contributed by atoms with van der Waals surface area (Å²) in [6, 6.07) is 4.44. The minimum absolute atomic E-state index is 0. The summed E-state index contributed by atoms with van der Waals surface area (Å²) >= 11 is 3.38. The molecule has 5 heteroatoms. The molecule has 1 atom stereocenters. The molecular weight excluding hydrogens is 289 g/mol. The maximum absolute atomic E-state index is 5.93. The Labute approximate surface area is 111 Å². The number of nitrogens with two attached hydrogens (primary N) is 1. The molecule has 0 aromatic carbocycles. The summed E-state index contributed by atoms with van der Waals surface area (Å²) in [4.78, 5) is 6.75. The Morgan fingerprint density at radius 1 is 1.50 bits per heavy atom. The molecule has 0 bridgehead atoms. The molecule has 0 radical (unpaired) electrons. The van der Waals surface area contributed by atoms with Gasteiger partial charge in [0.1, 0.15) is 0 Å². The van der Waals surface area contributed by atoms with Gasteiger partial charge in [0.05, 0.1) is 5.69 Å². The first-order chi connectivity index (χ1) is 7.24. The first-order valence-electron chi connectivity index (χ1n) is 5.32. The van der Waals surface area contributed by atoms with E-state index in [0.29, 0.717) is 6.04 Å². The molecule has 1 fully saturated rings. The molecule has 16 heavy (non-hydrogen) atoms. The fourth-order valence-electron chi connectivity index (χ4n) is 1.96. The molecular formula is C11H17BrClN3. The Morgan fingerprint density at radius 2 is 2.31 bits per heavy atom. The van der Waals surface area contributed by atoms with E-state index in [1.54, 1.807) is 0 Å². The van der Waals surface area contributed by atoms with Gasteiger partial charge in [-0.05, 0) is 47.4 Å². The van der Waals surface area contributed by atoms with Crippen LogP contribution in [0.1, 0.15) is 18.5 Å². The Morgan fingerprint density at radius 3 is 2.94 bits per heavy atom. The van der Waals surface area contributed by atoms with E-state index in [1.807, 2.05) is 12.3 Å². The van der Waals surface area contributed by atoms with Gasteiger partial charge in [-0.1, -0.05) is 0 Å². The predicted octanol–water partition coefficient (Wildman–Crippen LogP) is 2.19. The van der Waals surface area contributed by atoms with E-state index in [1.165, 1.54) is 6.42 Å². The highest BCUT2D eigenvalue weighted by atomic mass is 79.9. The second-order valence-electron chi connectivity index (χ2n) is 4.11. The summed E-state index contributed by atoms with van der Waals surface area (Å²) in [6.45, 7) is 3.06. The molecule has 1 aliphatic heterocycles. The van der Waals surface area contributed by atoms with Crippen molar-refractivity contribution < 1.29 is 0 Å². The van der Waals surface area contributed by atoms with Gasteiger partial charge in [0.15, 0.2) is 0 Å². The fourth-order valence-corrected chi connectivity index (χ4v) is 2.20. The first-order valence-corrected chi connectivity index (χ1v) is 6.12. The summed E-state index contributed by atoms with van der Waals surface area (Å²) in [7, 11) is 0. The van der Waals surface area contributed by atoms with Crippen LogP contribution in [0.3, 0.4) is 0 Å². The maximum atomic E-state index is 5.93. The largest absolute Gasteiger partial charge is 0.327 e. The van der Waals surface area contributed by atoms with Gasteiger partial charge in [0.25, 0.3) is 0 Å². The molecule has 2 heterocycles. The SMILES string of the molecule is Cl.N[C@@H]1CCCN(Cc2ccc(Br)cn2)C1. The Hall–Kier alpha value is -0.160. The Balaban J connectivity index is 0.00000128. The zero-order chi connectivity index (χ0) is 10.7. The van der Waals surface area contributed by atoms with E-state index in [-0.39, 0.29) is 12.4 Å². The van der Waals surface area contributed by atoms with Crippen molar-refractivity contribution in [2.24, 2.45) is 5.73 Å². The van der Waals surface area contributed by atoms with E-state index < -0.39 is 0 Å². The van der Waals surface area contributed by atoms with E-state index in [2.05, 4.69) is 31.9 Å². The number of hydrogen-bond donors (Lipinski definition) is 1. The van der Waals surface area contributed by atoms with Crippen LogP contribution in [0.2, 0.25) is 0 Å². The fraction of sp³-hybridized carbons (Fsp3) is 0.545. The molecule has 2 N–H and O–H groups in total. The number of hydrogen-bond acceptors (Lipinski definition) is 3. The van der Waals surface area contributed by atoms with Crippen molar-refractivity contribution in [1.29, 1.82) is 0 Å². The van der Waals surface area contributed by atoms with Gasteiger partial charge in [-0.15, -0.1) is 12.4 Å². The molecule has 1 saturated heterocycles. The highest BCUT2D eigenvalue weighted by molar-refractivity contribution is 9.10. The molecule has 1 aromatic heterocycles. The smallest absolute Gasteiger partial charge is 0.0544 e. The number of rotatable bonds is 2. The third-order valence-corrected chi connectivity index (χ3v) is 3.19. The van der Waals surface area contributed by atoms with E-state index >= 15 is 0 Å². The quantitative estimate of drug-likeness (QED) is 0.911. The standard InChI is InChI=1S/C11H16BrN3.ClH/c12-9-3-4-11(14-6-9)8-15-5-1-2-10(13)7-15;/h3-4,6,10H,1-2,5,7-8,13H2;1H/t10-;/m1./s1. The molecule has 2 rings (SSSR count). The molecule has 0 saturated carbocycles. The topological polar surface area (TPSA) is 42.1 Å². The monoisotopic (exact) mass is 305 g/mol. The van der Waals surface area contributed by atoms with Crippen LogP contribution in [0.4, 0.5) is 0 Å². The van der Waals surface area contributed by atoms with Crippen molar-refractivity contribution in [3.05, 3.63) is 28.5 Å². The van der Waals surface area contributed by atoms with Crippen molar-refractivity contribution in [2.75, 3.05) is 13.1 Å². The van der Waals surface area contributed by atoms with Gasteiger partial charge >= 0.3 is 0 Å². The summed E-state index contributed by atoms with van der Waals surface area (Å²) in [5, 5.41) is 0. The normalized spacial score (nSPS) is 21.5. The lowest BCUT2D eigenvalue weighted by Gasteiger charge is -2.30. The number of pyridine rings is 1. The first kappa shape index (κ1) is 13.9. The van der Waals surface area contributed by atoms with Gasteiger partial charge in [0, 0.05) is 29.8 Å². The zero-order valence-electron chi connectivity index (χ0n) is 9.10. The van der Waals surface area contributed by atoms with Crippen molar-refractivity contribution in [2.45, 2.75) is 25.4 Å². The number of nitrogens with zero attached hydrogens (tertiary/aromatic N) is 2. The zero-order valence-corrected chi connectivity index (χ0v) is 11.5. The van der Waals surface area contributed by atoms with Gasteiger partial charge in [0.2, 0.25) is 0 Å². The van der Waals surface area contributed by atoms with Gasteiger partial charge < -0.3 is 5.73 Å². The van der Waals surface area contributed by atoms with Crippen molar-refractivity contribution >= 4 is 28.3 Å². The minimum atomic E-state index is 0. The lowest BCUT2D eigenvalue weighted by atomic mass is 10.1. The van der Waals surface area contributed by atoms with Crippen molar-refractivity contribution in [1.82, 2.24) is 9.88 Å². The Kier molecular flexibility index (Phi) is 5.69. The molecule has 0 amide bonds. The van der Waals surface area contributed by atoms with Crippen molar-refractivity contribution in [3.8, 4) is 0 Å². The molecule has 90 valence electrons. The molecule has 1 aromatic rings. The lowest BCUT2D eigenvalue weighted by molar-refractivity contribution is 0.199. The van der Waals surface area contributed by atoms with Crippen LogP contribution >= 0.6 is 28.3 Å². The lowest BCUT2D eigenvalue weighted by Crippen LogP contribution is -2.42. The third-order valence-electron chi connectivity index (χ3n) is 2.72. The number of piperidine rings is 1. The van der Waals surface area contributed by atoms with Gasteiger partial charge in [-0.25, -0.2) is 0 Å². The van der Waals surface area contributed by atoms with E-state index in [0.717, 1.165) is 36.2 Å². The molecule has 0 aliphatic carbocycles. The molecule has 0 unspecified atom stereocenters. The minimum Gasteiger partial charge on any atom is -0.327 e. The van der Waals surface area contributed by atoms with E-state index in [9.17, 15) is 0 Å². The summed E-state index contributed by atoms with van der Waals surface area (Å²) in [6.07, 6.45) is 4.21. The number of halogens is 2. The van der Waals surface area contributed by atoms with Crippen LogP contribution in [0, 0.1) is 0 Å². The van der Waals surface area contributed by atoms with Crippen LogP contribution < -0.4 is 5.73 Å². The van der Waals surface area contributed by atoms with Gasteiger partial charge in [-0.2, -0.15) is 0 Å². The molecule has 0 spiro atoms. The molecule has 1 aliphatic rings. The highest BCUT2D eigenvalue weighted by Crippen LogP contribution is 2.13. The van der Waals surface area contributed by atoms with Crippen LogP contribution in [-0.4, -0.2) is 29.0 Å². The van der Waals surface area contributed by atoms with Crippen molar-refractivity contribution in [3.63, 3.8) is 0 Å². The van der Waals surface area contributed by atoms with E-state index in [4.69, 9.17) is 5.73 Å². The Bertz CT molecular complexity index is 318. The second kappa shape index (κ2) is 6.55. The summed E-state index contributed by atoms with van der Waals surface area (Å²) < 4.78 is 1.03.